The number of rotatable bonds is 3. The zero-order chi connectivity index (χ0) is 26.1. The van der Waals surface area contributed by atoms with Crippen LogP contribution in [-0.2, 0) is 30.3 Å². The third kappa shape index (κ3) is 3.26. The number of aliphatic hydroxyl groups is 1. The highest BCUT2D eigenvalue weighted by Gasteiger charge is 2.66. The van der Waals surface area contributed by atoms with E-state index in [4.69, 9.17) is 15.2 Å². The highest BCUT2D eigenvalue weighted by Crippen LogP contribution is 2.52. The Morgan fingerprint density at radius 3 is 2.58 bits per heavy atom. The maximum Gasteiger partial charge on any atom is 0.235 e. The topological polar surface area (TPSA) is 174 Å². The first kappa shape index (κ1) is 24.5. The molecule has 11 nitrogen and oxygen atoms in total. The summed E-state index contributed by atoms with van der Waals surface area (Å²) in [5.41, 5.74) is 3.55. The minimum absolute atomic E-state index is 0.0294. The number of methoxy groups -OCH3 is 1. The molecular weight excluding hydrogens is 472 g/mol. The molecule has 2 saturated carbocycles. The van der Waals surface area contributed by atoms with Crippen molar-refractivity contribution in [2.45, 2.75) is 30.9 Å². The Hall–Kier alpha value is -3.15. The number of morpholine rings is 1. The first-order valence-electron chi connectivity index (χ1n) is 11.9. The van der Waals surface area contributed by atoms with E-state index in [1.807, 2.05) is 7.05 Å². The molecular formula is C25H28N2O9. The molecule has 1 heterocycles. The number of primary amides is 1. The average molecular weight is 501 g/mol. The van der Waals surface area contributed by atoms with E-state index in [1.54, 1.807) is 0 Å². The Bertz CT molecular complexity index is 1210. The van der Waals surface area contributed by atoms with Gasteiger partial charge in [-0.15, -0.1) is 0 Å². The summed E-state index contributed by atoms with van der Waals surface area (Å²) in [5, 5.41) is 22.2. The molecule has 4 N–H and O–H groups in total. The maximum absolute atomic E-state index is 13.7. The number of fused-ring (bicyclic) bond motifs is 3. The third-order valence-corrected chi connectivity index (χ3v) is 8.34. The molecule has 1 saturated heterocycles. The van der Waals surface area contributed by atoms with Gasteiger partial charge < -0.3 is 25.4 Å². The predicted octanol–water partition coefficient (Wildman–Crippen LogP) is -0.661. The maximum atomic E-state index is 13.7. The summed E-state index contributed by atoms with van der Waals surface area (Å²) >= 11 is 0. The molecule has 6 unspecified atom stereocenters. The molecule has 1 aromatic carbocycles. The van der Waals surface area contributed by atoms with Crippen LogP contribution < -0.4 is 10.5 Å². The lowest BCUT2D eigenvalue weighted by atomic mass is 9.53. The van der Waals surface area contributed by atoms with Gasteiger partial charge in [0.05, 0.1) is 37.8 Å². The Morgan fingerprint density at radius 2 is 1.94 bits per heavy atom. The molecule has 192 valence electrons. The average Bonchev–Trinajstić information content (AvgIpc) is 2.81. The van der Waals surface area contributed by atoms with E-state index in [2.05, 4.69) is 4.90 Å². The number of phenolic OH excluding ortho intramolecular Hbond substituents is 1. The number of ketones is 4. The largest absolute Gasteiger partial charge is 0.507 e. The third-order valence-electron chi connectivity index (χ3n) is 8.34. The van der Waals surface area contributed by atoms with Gasteiger partial charge in [-0.3, -0.25) is 28.9 Å². The molecule has 11 heteroatoms. The quantitative estimate of drug-likeness (QED) is 0.452. The number of carbonyl (C=O) groups is 5. The number of nitrogens with zero attached hydrogens (tertiary/aromatic N) is 1. The predicted molar refractivity (Wildman–Crippen MR) is 121 cm³/mol. The van der Waals surface area contributed by atoms with Crippen LogP contribution in [0.4, 0.5) is 0 Å². The molecule has 0 bridgehead atoms. The number of phenols is 1. The Kier molecular flexibility index (Phi) is 5.77. The van der Waals surface area contributed by atoms with Crippen LogP contribution in [0.15, 0.2) is 6.07 Å². The highest BCUT2D eigenvalue weighted by atomic mass is 16.5. The van der Waals surface area contributed by atoms with Gasteiger partial charge in [0.15, 0.2) is 34.7 Å². The number of Topliss-reactive ketones (excluding diaryl/α,β-unsaturated/α-hetero) is 4. The van der Waals surface area contributed by atoms with Gasteiger partial charge in [0.2, 0.25) is 5.91 Å². The molecule has 0 radical (unpaired) electrons. The van der Waals surface area contributed by atoms with Gasteiger partial charge >= 0.3 is 0 Å². The molecule has 6 atom stereocenters. The van der Waals surface area contributed by atoms with Crippen molar-refractivity contribution in [1.82, 2.24) is 4.90 Å². The van der Waals surface area contributed by atoms with Crippen molar-refractivity contribution in [3.8, 4) is 11.5 Å². The monoisotopic (exact) mass is 500 g/mol. The van der Waals surface area contributed by atoms with Crippen molar-refractivity contribution in [3.05, 3.63) is 22.8 Å². The fourth-order valence-electron chi connectivity index (χ4n) is 6.54. The molecule has 3 fully saturated rings. The molecule has 36 heavy (non-hydrogen) atoms. The zero-order valence-corrected chi connectivity index (χ0v) is 20.0. The Balaban J connectivity index is 1.59. The number of amides is 1. The minimum atomic E-state index is -2.66. The van der Waals surface area contributed by atoms with Crippen LogP contribution >= 0.6 is 0 Å². The number of ether oxygens (including phenoxy) is 2. The lowest BCUT2D eigenvalue weighted by molar-refractivity contribution is -0.175. The van der Waals surface area contributed by atoms with E-state index >= 15 is 0 Å². The summed E-state index contributed by atoms with van der Waals surface area (Å²) in [6.45, 7) is 1.59. The van der Waals surface area contributed by atoms with Gasteiger partial charge in [-0.05, 0) is 31.9 Å². The summed E-state index contributed by atoms with van der Waals surface area (Å²) in [7, 11) is 3.38. The van der Waals surface area contributed by atoms with Gasteiger partial charge in [0, 0.05) is 30.0 Å². The van der Waals surface area contributed by atoms with Crippen molar-refractivity contribution < 1.29 is 43.7 Å². The van der Waals surface area contributed by atoms with Crippen LogP contribution in [0, 0.1) is 23.7 Å². The van der Waals surface area contributed by atoms with Crippen LogP contribution in [0.1, 0.15) is 40.4 Å². The lowest BCUT2D eigenvalue weighted by Gasteiger charge is -2.48. The van der Waals surface area contributed by atoms with Crippen LogP contribution in [0.3, 0.4) is 0 Å². The van der Waals surface area contributed by atoms with Gasteiger partial charge in [0.1, 0.15) is 11.5 Å². The van der Waals surface area contributed by atoms with Crippen LogP contribution in [0.5, 0.6) is 11.5 Å². The Morgan fingerprint density at radius 1 is 1.22 bits per heavy atom. The number of aromatic hydroxyl groups is 1. The fraction of sp³-hybridized carbons (Fsp3) is 0.560. The van der Waals surface area contributed by atoms with Gasteiger partial charge in [0.25, 0.3) is 0 Å². The molecule has 0 spiro atoms. The van der Waals surface area contributed by atoms with Gasteiger partial charge in [-0.1, -0.05) is 0 Å². The second-order valence-corrected chi connectivity index (χ2v) is 10.2. The number of hydrogen-bond acceptors (Lipinski definition) is 10. The van der Waals surface area contributed by atoms with Crippen LogP contribution in [0.25, 0.3) is 0 Å². The van der Waals surface area contributed by atoms with E-state index in [9.17, 15) is 34.2 Å². The summed E-state index contributed by atoms with van der Waals surface area (Å²) in [6.07, 6.45) is -0.187. The normalized spacial score (nSPS) is 34.6. The zero-order valence-electron chi connectivity index (χ0n) is 20.0. The molecule has 1 aliphatic heterocycles. The SMILES string of the molecule is COc1c(C2COCCN2C)cc(O)c2c1CC1CC3CC(=O)C(C(N)=O)C(=O)C3(O)C(=O)C1C2=O. The van der Waals surface area contributed by atoms with Gasteiger partial charge in [-0.25, -0.2) is 0 Å². The molecule has 4 aliphatic rings. The summed E-state index contributed by atoms with van der Waals surface area (Å²) < 4.78 is 11.3. The number of hydrogen-bond donors (Lipinski definition) is 3. The first-order valence-corrected chi connectivity index (χ1v) is 11.9. The fourth-order valence-corrected chi connectivity index (χ4v) is 6.54. The molecule has 5 rings (SSSR count). The molecule has 1 aromatic rings. The standard InChI is InChI=1S/C25H28N2O9/c1-27-3-4-36-9-14(27)12-8-16(29)18-13(21(12)35-2)6-10-5-11-7-15(28)19(24(26)33)23(32)25(11,34)22(31)17(10)20(18)30/h8,10-11,14,17,19,29,34H,3-7,9H2,1-2H3,(H2,26,33). The number of carbonyl (C=O) groups excluding carboxylic acids is 5. The van der Waals surface area contributed by atoms with E-state index < -0.39 is 58.3 Å². The van der Waals surface area contributed by atoms with E-state index in [0.29, 0.717) is 36.6 Å². The molecule has 3 aliphatic carbocycles. The first-order chi connectivity index (χ1) is 17.0. The van der Waals surface area contributed by atoms with Crippen molar-refractivity contribution in [2.75, 3.05) is 33.9 Å². The lowest BCUT2D eigenvalue weighted by Crippen LogP contribution is -2.68. The smallest absolute Gasteiger partial charge is 0.235 e. The second-order valence-electron chi connectivity index (χ2n) is 10.2. The van der Waals surface area contributed by atoms with E-state index in [-0.39, 0.29) is 36.6 Å². The van der Waals surface area contributed by atoms with Crippen molar-refractivity contribution in [1.29, 1.82) is 0 Å². The minimum Gasteiger partial charge on any atom is -0.507 e. The van der Waals surface area contributed by atoms with E-state index in [0.717, 1.165) is 0 Å². The summed E-state index contributed by atoms with van der Waals surface area (Å²) in [6, 6.07) is 1.21. The van der Waals surface area contributed by atoms with Crippen molar-refractivity contribution in [3.63, 3.8) is 0 Å². The molecule has 0 aromatic heterocycles. The second kappa shape index (κ2) is 8.46. The van der Waals surface area contributed by atoms with E-state index in [1.165, 1.54) is 13.2 Å². The highest BCUT2D eigenvalue weighted by molar-refractivity contribution is 6.31. The van der Waals surface area contributed by atoms with Gasteiger partial charge in [-0.2, -0.15) is 0 Å². The van der Waals surface area contributed by atoms with Crippen LogP contribution in [0.2, 0.25) is 0 Å². The Labute approximate surface area is 206 Å². The molecule has 1 amide bonds. The summed E-state index contributed by atoms with van der Waals surface area (Å²) in [4.78, 5) is 66.5. The summed E-state index contributed by atoms with van der Waals surface area (Å²) in [5.74, 6) is -9.98. The van der Waals surface area contributed by atoms with Crippen molar-refractivity contribution in [2.24, 2.45) is 29.4 Å². The van der Waals surface area contributed by atoms with Crippen molar-refractivity contribution >= 4 is 29.0 Å². The number of likely N-dealkylation sites (N-methyl/N-ethyl adjacent to an activating group) is 1. The number of nitrogens with two attached hydrogens (primary N) is 1. The number of benzene rings is 1. The van der Waals surface area contributed by atoms with Crippen LogP contribution in [-0.4, -0.2) is 83.7 Å².